The van der Waals surface area contributed by atoms with E-state index in [4.69, 9.17) is 0 Å². The van der Waals surface area contributed by atoms with E-state index in [2.05, 4.69) is 22.4 Å². The van der Waals surface area contributed by atoms with E-state index in [0.717, 1.165) is 40.9 Å². The molecule has 20 heavy (non-hydrogen) atoms. The van der Waals surface area contributed by atoms with Gasteiger partial charge in [-0.15, -0.1) is 11.3 Å². The van der Waals surface area contributed by atoms with Gasteiger partial charge in [-0.05, 0) is 59.1 Å². The van der Waals surface area contributed by atoms with Gasteiger partial charge in [0.2, 0.25) is 0 Å². The zero-order valence-electron chi connectivity index (χ0n) is 10.9. The summed E-state index contributed by atoms with van der Waals surface area (Å²) in [5.41, 5.74) is 4.37. The van der Waals surface area contributed by atoms with Gasteiger partial charge in [-0.1, -0.05) is 6.07 Å². The Morgan fingerprint density at radius 3 is 2.95 bits per heavy atom. The lowest BCUT2D eigenvalue weighted by atomic mass is 9.98. The molecule has 3 aromatic rings. The number of aromatic nitrogens is 1. The molecular weight excluding hydrogens is 268 g/mol. The lowest BCUT2D eigenvalue weighted by Crippen LogP contribution is -2.23. The van der Waals surface area contributed by atoms with Crippen LogP contribution in [0.5, 0.6) is 0 Å². The number of H-pyrrole nitrogens is 1. The highest BCUT2D eigenvalue weighted by Gasteiger charge is 2.12. The number of nitrogens with one attached hydrogen (secondary N) is 2. The normalized spacial score (nSPS) is 14.4. The van der Waals surface area contributed by atoms with Gasteiger partial charge in [-0.3, -0.25) is 4.79 Å². The maximum absolute atomic E-state index is 12.2. The highest BCUT2D eigenvalue weighted by atomic mass is 32.1. The fraction of sp³-hybridized carbons (Fsp3) is 0.188. The molecule has 2 N–H and O–H groups in total. The fourth-order valence-corrected chi connectivity index (χ4v) is 3.54. The second-order valence-electron chi connectivity index (χ2n) is 5.12. The maximum atomic E-state index is 12.2. The molecule has 0 saturated heterocycles. The van der Waals surface area contributed by atoms with Crippen LogP contribution in [-0.4, -0.2) is 11.5 Å². The average molecular weight is 282 g/mol. The molecule has 0 unspecified atom stereocenters. The third-order valence-corrected chi connectivity index (χ3v) is 4.74. The summed E-state index contributed by atoms with van der Waals surface area (Å²) < 4.78 is 0. The molecule has 0 bridgehead atoms. The van der Waals surface area contributed by atoms with Gasteiger partial charge < -0.3 is 10.3 Å². The first-order valence-electron chi connectivity index (χ1n) is 6.75. The molecule has 0 aliphatic carbocycles. The summed E-state index contributed by atoms with van der Waals surface area (Å²) in [7, 11) is 0. The van der Waals surface area contributed by atoms with Gasteiger partial charge in [0.15, 0.2) is 0 Å². The molecule has 0 atom stereocenters. The Bertz CT molecular complexity index is 834. The summed E-state index contributed by atoms with van der Waals surface area (Å²) in [6.45, 7) is 1.92. The van der Waals surface area contributed by atoms with Crippen LogP contribution < -0.4 is 10.9 Å². The van der Waals surface area contributed by atoms with Crippen LogP contribution in [-0.2, 0) is 13.0 Å². The molecule has 1 aliphatic heterocycles. The third kappa shape index (κ3) is 1.88. The largest absolute Gasteiger partial charge is 0.321 e. The van der Waals surface area contributed by atoms with Crippen molar-refractivity contribution in [1.82, 2.24) is 10.3 Å². The highest BCUT2D eigenvalue weighted by Crippen LogP contribution is 2.26. The van der Waals surface area contributed by atoms with Gasteiger partial charge in [0.25, 0.3) is 5.56 Å². The topological polar surface area (TPSA) is 44.9 Å². The number of thiophene rings is 1. The summed E-state index contributed by atoms with van der Waals surface area (Å²) in [4.78, 5) is 16.3. The Kier molecular flexibility index (Phi) is 2.72. The standard InChI is InChI=1S/C16H14N2OS/c19-16-13(15-2-1-5-20-15)7-11-6-10-3-4-17-9-12(10)8-14(11)18-16/h1-2,5-8,17H,3-4,9H2,(H,18,19). The molecule has 0 radical (unpaired) electrons. The minimum absolute atomic E-state index is 0.0105. The summed E-state index contributed by atoms with van der Waals surface area (Å²) in [5, 5.41) is 6.48. The molecule has 0 fully saturated rings. The van der Waals surface area contributed by atoms with Gasteiger partial charge >= 0.3 is 0 Å². The number of hydrogen-bond acceptors (Lipinski definition) is 3. The summed E-state index contributed by atoms with van der Waals surface area (Å²) in [5.74, 6) is 0. The van der Waals surface area contributed by atoms with Crippen molar-refractivity contribution in [2.75, 3.05) is 6.54 Å². The summed E-state index contributed by atoms with van der Waals surface area (Å²) >= 11 is 1.60. The van der Waals surface area contributed by atoms with E-state index in [-0.39, 0.29) is 5.56 Å². The second-order valence-corrected chi connectivity index (χ2v) is 6.07. The Labute approximate surface area is 120 Å². The number of rotatable bonds is 1. The Hall–Kier alpha value is -1.91. The van der Waals surface area contributed by atoms with Crippen LogP contribution in [0.2, 0.25) is 0 Å². The Balaban J connectivity index is 1.97. The van der Waals surface area contributed by atoms with Crippen molar-refractivity contribution in [2.24, 2.45) is 0 Å². The van der Waals surface area contributed by atoms with Crippen molar-refractivity contribution in [2.45, 2.75) is 13.0 Å². The fourth-order valence-electron chi connectivity index (χ4n) is 2.81. The summed E-state index contributed by atoms with van der Waals surface area (Å²) in [6, 6.07) is 10.3. The van der Waals surface area contributed by atoms with Crippen LogP contribution in [0.1, 0.15) is 11.1 Å². The molecule has 4 heteroatoms. The van der Waals surface area contributed by atoms with Crippen molar-refractivity contribution in [3.8, 4) is 10.4 Å². The monoisotopic (exact) mass is 282 g/mol. The molecule has 2 aromatic heterocycles. The van der Waals surface area contributed by atoms with Crippen molar-refractivity contribution in [3.63, 3.8) is 0 Å². The number of pyridine rings is 1. The predicted octanol–water partition coefficient (Wildman–Crippen LogP) is 2.90. The van der Waals surface area contributed by atoms with E-state index in [0.29, 0.717) is 0 Å². The number of benzene rings is 1. The maximum Gasteiger partial charge on any atom is 0.257 e. The van der Waals surface area contributed by atoms with E-state index >= 15 is 0 Å². The lowest BCUT2D eigenvalue weighted by molar-refractivity contribution is 0.645. The zero-order chi connectivity index (χ0) is 13.5. The summed E-state index contributed by atoms with van der Waals surface area (Å²) in [6.07, 6.45) is 1.05. The van der Waals surface area contributed by atoms with Gasteiger partial charge in [-0.25, -0.2) is 0 Å². The van der Waals surface area contributed by atoms with Crippen molar-refractivity contribution in [3.05, 3.63) is 57.2 Å². The predicted molar refractivity (Wildman–Crippen MR) is 83.3 cm³/mol. The van der Waals surface area contributed by atoms with Gasteiger partial charge in [0.05, 0.1) is 5.56 Å². The Morgan fingerprint density at radius 1 is 1.15 bits per heavy atom. The Morgan fingerprint density at radius 2 is 2.10 bits per heavy atom. The average Bonchev–Trinajstić information content (AvgIpc) is 2.98. The first-order valence-corrected chi connectivity index (χ1v) is 7.63. The van der Waals surface area contributed by atoms with E-state index in [1.165, 1.54) is 11.1 Å². The van der Waals surface area contributed by atoms with E-state index in [9.17, 15) is 4.79 Å². The van der Waals surface area contributed by atoms with Crippen molar-refractivity contribution in [1.29, 1.82) is 0 Å². The highest BCUT2D eigenvalue weighted by molar-refractivity contribution is 7.13. The van der Waals surface area contributed by atoms with Crippen LogP contribution in [0, 0.1) is 0 Å². The molecular formula is C16H14N2OS. The van der Waals surface area contributed by atoms with Crippen LogP contribution in [0.4, 0.5) is 0 Å². The third-order valence-electron chi connectivity index (χ3n) is 3.84. The molecule has 100 valence electrons. The zero-order valence-corrected chi connectivity index (χ0v) is 11.7. The van der Waals surface area contributed by atoms with E-state index < -0.39 is 0 Å². The molecule has 0 saturated carbocycles. The van der Waals surface area contributed by atoms with Gasteiger partial charge in [-0.2, -0.15) is 0 Å². The van der Waals surface area contributed by atoms with Crippen molar-refractivity contribution >= 4 is 22.2 Å². The molecule has 3 heterocycles. The van der Waals surface area contributed by atoms with Crippen LogP contribution in [0.25, 0.3) is 21.3 Å². The molecule has 4 rings (SSSR count). The number of fused-ring (bicyclic) bond motifs is 2. The van der Waals surface area contributed by atoms with E-state index in [1.54, 1.807) is 11.3 Å². The quantitative estimate of drug-likeness (QED) is 0.721. The SMILES string of the molecule is O=c1[nH]c2cc3c(cc2cc1-c1cccs1)CCNC3. The van der Waals surface area contributed by atoms with Crippen LogP contribution >= 0.6 is 11.3 Å². The van der Waals surface area contributed by atoms with Gasteiger partial charge in [0, 0.05) is 16.9 Å². The molecule has 1 aromatic carbocycles. The molecule has 1 aliphatic rings. The van der Waals surface area contributed by atoms with Gasteiger partial charge in [0.1, 0.15) is 0 Å². The second kappa shape index (κ2) is 4.58. The molecule has 0 spiro atoms. The van der Waals surface area contributed by atoms with Crippen molar-refractivity contribution < 1.29 is 0 Å². The molecule has 0 amide bonds. The smallest absolute Gasteiger partial charge is 0.257 e. The van der Waals surface area contributed by atoms with Crippen LogP contribution in [0.3, 0.4) is 0 Å². The lowest BCUT2D eigenvalue weighted by Gasteiger charge is -2.17. The number of hydrogen-bond donors (Lipinski definition) is 2. The molecule has 3 nitrogen and oxygen atoms in total. The first kappa shape index (κ1) is 11.9. The minimum Gasteiger partial charge on any atom is -0.321 e. The first-order chi connectivity index (χ1) is 9.81. The number of aromatic amines is 1. The van der Waals surface area contributed by atoms with Crippen LogP contribution in [0.15, 0.2) is 40.5 Å². The van der Waals surface area contributed by atoms with E-state index in [1.807, 2.05) is 23.6 Å². The minimum atomic E-state index is -0.0105.